The van der Waals surface area contributed by atoms with Crippen LogP contribution in [-0.4, -0.2) is 43.0 Å². The van der Waals surface area contributed by atoms with Crippen molar-refractivity contribution in [2.24, 2.45) is 7.05 Å². The van der Waals surface area contributed by atoms with E-state index >= 15 is 0 Å². The Labute approximate surface area is 146 Å². The molecule has 2 aromatic rings. The van der Waals surface area contributed by atoms with Gasteiger partial charge in [0.05, 0.1) is 43.2 Å². The summed E-state index contributed by atoms with van der Waals surface area (Å²) in [4.78, 5) is 24.5. The van der Waals surface area contributed by atoms with Crippen LogP contribution in [0.1, 0.15) is 20.8 Å². The number of methoxy groups -OCH3 is 3. The highest BCUT2D eigenvalue weighted by molar-refractivity contribution is 9.10. The maximum atomic E-state index is 12.5. The summed E-state index contributed by atoms with van der Waals surface area (Å²) < 4.78 is 17.1. The minimum Gasteiger partial charge on any atom is -0.493 e. The second-order valence-corrected chi connectivity index (χ2v) is 5.52. The summed E-state index contributed by atoms with van der Waals surface area (Å²) in [5, 5.41) is 6.66. The molecule has 0 saturated heterocycles. The number of carbonyl (C=O) groups is 2. The number of nitrogens with zero attached hydrogens (tertiary/aromatic N) is 2. The van der Waals surface area contributed by atoms with Gasteiger partial charge in [-0.05, 0) is 15.9 Å². The molecule has 0 unspecified atom stereocenters. The van der Waals surface area contributed by atoms with Crippen LogP contribution in [0.15, 0.2) is 22.8 Å². The van der Waals surface area contributed by atoms with Crippen LogP contribution in [0.2, 0.25) is 0 Å². The van der Waals surface area contributed by atoms with E-state index in [0.29, 0.717) is 21.7 Å². The van der Waals surface area contributed by atoms with E-state index in [-0.39, 0.29) is 11.3 Å². The van der Waals surface area contributed by atoms with E-state index < -0.39 is 11.9 Å². The minimum atomic E-state index is -0.615. The molecule has 24 heavy (non-hydrogen) atoms. The largest absolute Gasteiger partial charge is 0.493 e. The van der Waals surface area contributed by atoms with Crippen molar-refractivity contribution < 1.29 is 23.8 Å². The fourth-order valence-electron chi connectivity index (χ4n) is 2.11. The molecule has 1 N–H and O–H groups in total. The van der Waals surface area contributed by atoms with Crippen molar-refractivity contribution in [3.8, 4) is 11.5 Å². The van der Waals surface area contributed by atoms with Gasteiger partial charge in [0.15, 0.2) is 11.5 Å². The topological polar surface area (TPSA) is 91.7 Å². The third kappa shape index (κ3) is 3.35. The van der Waals surface area contributed by atoms with Gasteiger partial charge in [0.1, 0.15) is 5.69 Å². The molecule has 0 radical (unpaired) electrons. The Morgan fingerprint density at radius 1 is 1.17 bits per heavy atom. The molecule has 1 heterocycles. The summed E-state index contributed by atoms with van der Waals surface area (Å²) >= 11 is 3.26. The third-order valence-electron chi connectivity index (χ3n) is 3.29. The van der Waals surface area contributed by atoms with Gasteiger partial charge in [0.2, 0.25) is 0 Å². The van der Waals surface area contributed by atoms with Crippen LogP contribution in [0.25, 0.3) is 0 Å². The maximum absolute atomic E-state index is 12.5. The predicted molar refractivity (Wildman–Crippen MR) is 89.7 cm³/mol. The van der Waals surface area contributed by atoms with E-state index in [1.807, 2.05) is 0 Å². The number of halogens is 1. The van der Waals surface area contributed by atoms with Crippen LogP contribution in [0.5, 0.6) is 11.5 Å². The highest BCUT2D eigenvalue weighted by atomic mass is 79.9. The lowest BCUT2D eigenvalue weighted by atomic mass is 10.1. The van der Waals surface area contributed by atoms with Crippen molar-refractivity contribution in [2.45, 2.75) is 0 Å². The molecule has 0 aliphatic rings. The second-order valence-electron chi connectivity index (χ2n) is 4.66. The molecule has 0 atom stereocenters. The van der Waals surface area contributed by atoms with E-state index in [0.717, 1.165) is 0 Å². The standard InChI is InChI=1S/C15H16BrN3O5/c1-19-13(9(16)7-17-19)14(20)18-10-6-12(23-3)11(22-2)5-8(10)15(21)24-4/h5-7H,1-4H3,(H,18,20). The molecular weight excluding hydrogens is 382 g/mol. The Hall–Kier alpha value is -2.55. The molecule has 2 rings (SSSR count). The molecule has 0 bridgehead atoms. The van der Waals surface area contributed by atoms with Crippen molar-refractivity contribution in [1.82, 2.24) is 9.78 Å². The number of hydrogen-bond acceptors (Lipinski definition) is 6. The number of amides is 1. The first kappa shape index (κ1) is 17.8. The number of aryl methyl sites for hydroxylation is 1. The lowest BCUT2D eigenvalue weighted by Crippen LogP contribution is -2.19. The number of anilines is 1. The SMILES string of the molecule is COC(=O)c1cc(OC)c(OC)cc1NC(=O)c1c(Br)cnn1C. The summed E-state index contributed by atoms with van der Waals surface area (Å²) in [6.07, 6.45) is 1.50. The normalized spacial score (nSPS) is 10.2. The van der Waals surface area contributed by atoms with Gasteiger partial charge in [-0.15, -0.1) is 0 Å². The molecule has 0 saturated carbocycles. The van der Waals surface area contributed by atoms with Crippen LogP contribution in [0.4, 0.5) is 5.69 Å². The Balaban J connectivity index is 2.48. The van der Waals surface area contributed by atoms with Crippen molar-refractivity contribution in [3.05, 3.63) is 34.1 Å². The number of nitrogens with one attached hydrogen (secondary N) is 1. The molecule has 0 fully saturated rings. The summed E-state index contributed by atoms with van der Waals surface area (Å²) in [6.45, 7) is 0. The summed E-state index contributed by atoms with van der Waals surface area (Å²) in [5.41, 5.74) is 0.681. The first-order valence-corrected chi connectivity index (χ1v) is 7.55. The van der Waals surface area contributed by atoms with Crippen LogP contribution in [0, 0.1) is 0 Å². The van der Waals surface area contributed by atoms with Gasteiger partial charge in [-0.25, -0.2) is 4.79 Å². The van der Waals surface area contributed by atoms with Crippen LogP contribution < -0.4 is 14.8 Å². The Bertz CT molecular complexity index is 768. The number of aromatic nitrogens is 2. The fourth-order valence-corrected chi connectivity index (χ4v) is 2.64. The van der Waals surface area contributed by atoms with E-state index in [1.165, 1.54) is 44.3 Å². The lowest BCUT2D eigenvalue weighted by molar-refractivity contribution is 0.0601. The van der Waals surface area contributed by atoms with Crippen molar-refractivity contribution in [2.75, 3.05) is 26.6 Å². The summed E-state index contributed by atoms with van der Waals surface area (Å²) in [6, 6.07) is 2.94. The highest BCUT2D eigenvalue weighted by Crippen LogP contribution is 2.34. The van der Waals surface area contributed by atoms with Crippen molar-refractivity contribution >= 4 is 33.5 Å². The Morgan fingerprint density at radius 2 is 1.79 bits per heavy atom. The summed E-state index contributed by atoms with van der Waals surface area (Å²) in [5.74, 6) is -0.350. The van der Waals surface area contributed by atoms with Crippen LogP contribution in [-0.2, 0) is 11.8 Å². The molecule has 0 spiro atoms. The Morgan fingerprint density at radius 3 is 2.29 bits per heavy atom. The summed E-state index contributed by atoms with van der Waals surface area (Å²) in [7, 11) is 5.79. The van der Waals surface area contributed by atoms with Gasteiger partial charge in [-0.3, -0.25) is 9.48 Å². The molecular formula is C15H16BrN3O5. The first-order chi connectivity index (χ1) is 11.4. The van der Waals surface area contributed by atoms with Gasteiger partial charge in [0.25, 0.3) is 5.91 Å². The molecule has 128 valence electrons. The number of benzene rings is 1. The predicted octanol–water partition coefficient (Wildman–Crippen LogP) is 2.24. The zero-order valence-electron chi connectivity index (χ0n) is 13.5. The first-order valence-electron chi connectivity index (χ1n) is 6.76. The average molecular weight is 398 g/mol. The molecule has 0 aliphatic carbocycles. The Kier molecular flexibility index (Phi) is 5.45. The second kappa shape index (κ2) is 7.35. The highest BCUT2D eigenvalue weighted by Gasteiger charge is 2.22. The molecule has 1 amide bonds. The van der Waals surface area contributed by atoms with E-state index in [2.05, 4.69) is 26.3 Å². The molecule has 9 heteroatoms. The van der Waals surface area contributed by atoms with Crippen LogP contribution in [0.3, 0.4) is 0 Å². The van der Waals surface area contributed by atoms with E-state index in [1.54, 1.807) is 7.05 Å². The third-order valence-corrected chi connectivity index (χ3v) is 3.87. The van der Waals surface area contributed by atoms with Gasteiger partial charge >= 0.3 is 5.97 Å². The van der Waals surface area contributed by atoms with Gasteiger partial charge in [0, 0.05) is 19.2 Å². The number of esters is 1. The number of rotatable bonds is 5. The minimum absolute atomic E-state index is 0.141. The monoisotopic (exact) mass is 397 g/mol. The zero-order chi connectivity index (χ0) is 17.9. The average Bonchev–Trinajstić information content (AvgIpc) is 2.92. The van der Waals surface area contributed by atoms with E-state index in [9.17, 15) is 9.59 Å². The van der Waals surface area contributed by atoms with Crippen molar-refractivity contribution in [1.29, 1.82) is 0 Å². The zero-order valence-corrected chi connectivity index (χ0v) is 15.1. The van der Waals surface area contributed by atoms with Crippen LogP contribution >= 0.6 is 15.9 Å². The molecule has 8 nitrogen and oxygen atoms in total. The van der Waals surface area contributed by atoms with Crippen molar-refractivity contribution in [3.63, 3.8) is 0 Å². The molecule has 1 aromatic carbocycles. The van der Waals surface area contributed by atoms with E-state index in [4.69, 9.17) is 14.2 Å². The van der Waals surface area contributed by atoms with Gasteiger partial charge < -0.3 is 19.5 Å². The maximum Gasteiger partial charge on any atom is 0.340 e. The fraction of sp³-hybridized carbons (Fsp3) is 0.267. The number of hydrogen-bond donors (Lipinski definition) is 1. The van der Waals surface area contributed by atoms with Gasteiger partial charge in [-0.2, -0.15) is 5.10 Å². The van der Waals surface area contributed by atoms with Gasteiger partial charge in [-0.1, -0.05) is 0 Å². The molecule has 0 aliphatic heterocycles. The lowest BCUT2D eigenvalue weighted by Gasteiger charge is -2.14. The quantitative estimate of drug-likeness (QED) is 0.777. The smallest absolute Gasteiger partial charge is 0.340 e. The number of carbonyl (C=O) groups excluding carboxylic acids is 2. The number of ether oxygens (including phenoxy) is 3. The molecule has 1 aromatic heterocycles.